The van der Waals surface area contributed by atoms with Gasteiger partial charge in [-0.05, 0) is 38.2 Å². The fraction of sp³-hybridized carbons (Fsp3) is 0.500. The van der Waals surface area contributed by atoms with Crippen molar-refractivity contribution in [2.24, 2.45) is 5.92 Å². The van der Waals surface area contributed by atoms with E-state index >= 15 is 0 Å². The number of benzene rings is 1. The van der Waals surface area contributed by atoms with Crippen LogP contribution in [0.4, 0.5) is 0 Å². The second-order valence-electron chi connectivity index (χ2n) is 5.95. The predicted molar refractivity (Wildman–Crippen MR) is 74.3 cm³/mol. The second-order valence-corrected chi connectivity index (χ2v) is 5.95. The topological polar surface area (TPSA) is 45.4 Å². The average molecular weight is 257 g/mol. The van der Waals surface area contributed by atoms with E-state index in [1.807, 2.05) is 18.2 Å². The lowest BCUT2D eigenvalue weighted by Gasteiger charge is -2.40. The molecule has 3 heteroatoms. The maximum absolute atomic E-state index is 10.5. The van der Waals surface area contributed by atoms with E-state index < -0.39 is 0 Å². The standard InChI is InChI=1S/C16H19NO2/c18-15-7-3-6-13-12(15)8-9-14-10-4-1-2-5-11(10)16(19)17(13)14/h1-2,4-5,12-13,15,18-19H,3,6-9H2. The van der Waals surface area contributed by atoms with Gasteiger partial charge >= 0.3 is 0 Å². The fourth-order valence-corrected chi connectivity index (χ4v) is 4.16. The van der Waals surface area contributed by atoms with Gasteiger partial charge in [-0.1, -0.05) is 18.2 Å². The molecule has 1 aromatic heterocycles. The minimum absolute atomic E-state index is 0.197. The Morgan fingerprint density at radius 3 is 2.68 bits per heavy atom. The third-order valence-corrected chi connectivity index (χ3v) is 5.03. The summed E-state index contributed by atoms with van der Waals surface area (Å²) in [5, 5.41) is 22.9. The minimum atomic E-state index is -0.197. The van der Waals surface area contributed by atoms with Crippen molar-refractivity contribution in [2.45, 2.75) is 44.2 Å². The van der Waals surface area contributed by atoms with Crippen LogP contribution in [0.25, 0.3) is 10.8 Å². The van der Waals surface area contributed by atoms with E-state index in [1.165, 1.54) is 11.1 Å². The van der Waals surface area contributed by atoms with Gasteiger partial charge in [-0.3, -0.25) is 0 Å². The molecule has 100 valence electrons. The summed E-state index contributed by atoms with van der Waals surface area (Å²) >= 11 is 0. The van der Waals surface area contributed by atoms with Gasteiger partial charge in [0.05, 0.1) is 6.10 Å². The van der Waals surface area contributed by atoms with Crippen LogP contribution in [0.2, 0.25) is 0 Å². The molecule has 1 aromatic carbocycles. The summed E-state index contributed by atoms with van der Waals surface area (Å²) in [4.78, 5) is 0. The zero-order valence-corrected chi connectivity index (χ0v) is 10.9. The van der Waals surface area contributed by atoms with Crippen LogP contribution >= 0.6 is 0 Å². The first-order valence-corrected chi connectivity index (χ1v) is 7.26. The molecule has 19 heavy (non-hydrogen) atoms. The Balaban J connectivity index is 1.93. The molecule has 3 atom stereocenters. The third-order valence-electron chi connectivity index (χ3n) is 5.03. The Morgan fingerprint density at radius 2 is 1.84 bits per heavy atom. The van der Waals surface area contributed by atoms with Crippen LogP contribution in [-0.2, 0) is 6.42 Å². The monoisotopic (exact) mass is 257 g/mol. The molecule has 0 saturated heterocycles. The number of aryl methyl sites for hydroxylation is 1. The smallest absolute Gasteiger partial charge is 0.199 e. The highest BCUT2D eigenvalue weighted by Crippen LogP contribution is 2.47. The zero-order chi connectivity index (χ0) is 13.0. The Bertz CT molecular complexity index is 631. The molecule has 2 N–H and O–H groups in total. The number of aromatic hydroxyl groups is 1. The van der Waals surface area contributed by atoms with Gasteiger partial charge in [0.1, 0.15) is 0 Å². The van der Waals surface area contributed by atoms with Crippen LogP contribution in [0.3, 0.4) is 0 Å². The largest absolute Gasteiger partial charge is 0.494 e. The molecule has 2 aliphatic rings. The van der Waals surface area contributed by atoms with Crippen molar-refractivity contribution in [3.8, 4) is 5.88 Å². The maximum Gasteiger partial charge on any atom is 0.199 e. The molecule has 2 heterocycles. The molecule has 1 saturated carbocycles. The normalized spacial score (nSPS) is 30.1. The molecule has 0 spiro atoms. The lowest BCUT2D eigenvalue weighted by Crippen LogP contribution is -2.37. The predicted octanol–water partition coefficient (Wildman–Crippen LogP) is 3.00. The van der Waals surface area contributed by atoms with Gasteiger partial charge in [-0.15, -0.1) is 0 Å². The number of aliphatic hydroxyl groups excluding tert-OH is 1. The van der Waals surface area contributed by atoms with Crippen molar-refractivity contribution in [1.29, 1.82) is 0 Å². The van der Waals surface area contributed by atoms with E-state index in [1.54, 1.807) is 0 Å². The molecule has 1 fully saturated rings. The second kappa shape index (κ2) is 4.01. The van der Waals surface area contributed by atoms with Crippen LogP contribution in [-0.4, -0.2) is 20.9 Å². The molecule has 2 aromatic rings. The number of aliphatic hydroxyl groups is 1. The zero-order valence-electron chi connectivity index (χ0n) is 10.9. The molecule has 0 bridgehead atoms. The van der Waals surface area contributed by atoms with Crippen LogP contribution in [0.5, 0.6) is 5.88 Å². The molecule has 3 unspecified atom stereocenters. The first kappa shape index (κ1) is 11.4. The van der Waals surface area contributed by atoms with Gasteiger partial charge in [0.25, 0.3) is 0 Å². The molecular weight excluding hydrogens is 238 g/mol. The van der Waals surface area contributed by atoms with Crippen LogP contribution in [0.1, 0.15) is 37.4 Å². The van der Waals surface area contributed by atoms with Gasteiger partial charge in [-0.25, -0.2) is 0 Å². The molecule has 1 aliphatic heterocycles. The van der Waals surface area contributed by atoms with Gasteiger partial charge in [0.15, 0.2) is 5.88 Å². The minimum Gasteiger partial charge on any atom is -0.494 e. The maximum atomic E-state index is 10.5. The Kier molecular flexibility index (Phi) is 2.39. The van der Waals surface area contributed by atoms with E-state index in [4.69, 9.17) is 0 Å². The molecular formula is C16H19NO2. The summed E-state index contributed by atoms with van der Waals surface area (Å²) in [5.74, 6) is 0.711. The van der Waals surface area contributed by atoms with Crippen molar-refractivity contribution in [3.05, 3.63) is 30.0 Å². The van der Waals surface area contributed by atoms with Crippen molar-refractivity contribution >= 4 is 10.8 Å². The summed E-state index contributed by atoms with van der Waals surface area (Å²) in [6.07, 6.45) is 4.84. The molecule has 1 aliphatic carbocycles. The van der Waals surface area contributed by atoms with E-state index in [2.05, 4.69) is 10.6 Å². The first-order valence-electron chi connectivity index (χ1n) is 7.26. The number of fused-ring (bicyclic) bond motifs is 5. The molecule has 0 radical (unpaired) electrons. The fourth-order valence-electron chi connectivity index (χ4n) is 4.16. The summed E-state index contributed by atoms with van der Waals surface area (Å²) in [6.45, 7) is 0. The third kappa shape index (κ3) is 1.48. The molecule has 3 nitrogen and oxygen atoms in total. The summed E-state index contributed by atoms with van der Waals surface area (Å²) < 4.78 is 2.11. The quantitative estimate of drug-likeness (QED) is 0.762. The SMILES string of the molecule is Oc1c2ccccc2c2n1C1CCCC(O)C1CC2. The average Bonchev–Trinajstić information content (AvgIpc) is 2.74. The number of aromatic nitrogens is 1. The number of hydrogen-bond acceptors (Lipinski definition) is 2. The van der Waals surface area contributed by atoms with Gasteiger partial charge in [0, 0.05) is 28.4 Å². The van der Waals surface area contributed by atoms with Crippen molar-refractivity contribution in [2.75, 3.05) is 0 Å². The highest BCUT2D eigenvalue weighted by molar-refractivity contribution is 5.91. The molecule has 0 amide bonds. The Labute approximate surface area is 112 Å². The summed E-state index contributed by atoms with van der Waals surface area (Å²) in [7, 11) is 0. The Hall–Kier alpha value is -1.48. The van der Waals surface area contributed by atoms with Gasteiger partial charge in [-0.2, -0.15) is 0 Å². The number of rotatable bonds is 0. The van der Waals surface area contributed by atoms with E-state index in [0.717, 1.165) is 37.5 Å². The molecule has 4 rings (SSSR count). The van der Waals surface area contributed by atoms with Crippen LogP contribution < -0.4 is 0 Å². The van der Waals surface area contributed by atoms with Crippen molar-refractivity contribution < 1.29 is 10.2 Å². The summed E-state index contributed by atoms with van der Waals surface area (Å²) in [5.41, 5.74) is 1.25. The van der Waals surface area contributed by atoms with Crippen LogP contribution in [0, 0.1) is 5.92 Å². The summed E-state index contributed by atoms with van der Waals surface area (Å²) in [6, 6.07) is 8.37. The van der Waals surface area contributed by atoms with Gasteiger partial charge in [0.2, 0.25) is 0 Å². The lowest BCUT2D eigenvalue weighted by molar-refractivity contribution is 0.0216. The van der Waals surface area contributed by atoms with E-state index in [9.17, 15) is 10.2 Å². The van der Waals surface area contributed by atoms with Crippen LogP contribution in [0.15, 0.2) is 24.3 Å². The van der Waals surface area contributed by atoms with Crippen molar-refractivity contribution in [3.63, 3.8) is 0 Å². The van der Waals surface area contributed by atoms with Crippen molar-refractivity contribution in [1.82, 2.24) is 4.57 Å². The highest BCUT2D eigenvalue weighted by Gasteiger charge is 2.38. The van der Waals surface area contributed by atoms with Gasteiger partial charge < -0.3 is 14.8 Å². The number of nitrogens with zero attached hydrogens (tertiary/aromatic N) is 1. The van der Waals surface area contributed by atoms with E-state index in [0.29, 0.717) is 11.8 Å². The number of hydrogen-bond donors (Lipinski definition) is 2. The Morgan fingerprint density at radius 1 is 1.05 bits per heavy atom. The van der Waals surface area contributed by atoms with E-state index in [-0.39, 0.29) is 12.1 Å². The first-order chi connectivity index (χ1) is 9.27. The lowest BCUT2D eigenvalue weighted by atomic mass is 9.77. The highest BCUT2D eigenvalue weighted by atomic mass is 16.3.